The van der Waals surface area contributed by atoms with E-state index in [9.17, 15) is 9.59 Å². The molecule has 118 valence electrons. The van der Waals surface area contributed by atoms with Crippen molar-refractivity contribution in [3.05, 3.63) is 24.5 Å². The number of hydrogen-bond donors (Lipinski definition) is 0. The maximum Gasteiger partial charge on any atom is 0.235 e. The predicted octanol–water partition coefficient (Wildman–Crippen LogP) is 2.23. The molecule has 5 heteroatoms. The number of rotatable bonds is 4. The van der Waals surface area contributed by atoms with Gasteiger partial charge in [-0.1, -0.05) is 13.3 Å². The molecule has 0 radical (unpaired) electrons. The lowest BCUT2D eigenvalue weighted by Gasteiger charge is -2.52. The summed E-state index contributed by atoms with van der Waals surface area (Å²) >= 11 is 0. The number of hydrogen-bond acceptors (Lipinski definition) is 3. The highest BCUT2D eigenvalue weighted by Gasteiger charge is 2.53. The van der Waals surface area contributed by atoms with E-state index in [4.69, 9.17) is 0 Å². The van der Waals surface area contributed by atoms with E-state index in [0.29, 0.717) is 6.42 Å². The van der Waals surface area contributed by atoms with Crippen LogP contribution in [0.4, 0.5) is 5.69 Å². The lowest BCUT2D eigenvalue weighted by Crippen LogP contribution is -2.65. The van der Waals surface area contributed by atoms with Gasteiger partial charge in [0.15, 0.2) is 0 Å². The number of β-lactam (4-membered cyclic amide) rings is 1. The summed E-state index contributed by atoms with van der Waals surface area (Å²) in [5, 5.41) is 0. The summed E-state index contributed by atoms with van der Waals surface area (Å²) < 4.78 is 0. The molecule has 1 spiro atoms. The molecule has 0 saturated carbocycles. The van der Waals surface area contributed by atoms with Gasteiger partial charge in [-0.15, -0.1) is 0 Å². The first-order valence-corrected chi connectivity index (χ1v) is 8.16. The monoisotopic (exact) mass is 301 g/mol. The Kier molecular flexibility index (Phi) is 4.14. The van der Waals surface area contributed by atoms with Crippen LogP contribution in [0.15, 0.2) is 24.5 Å². The summed E-state index contributed by atoms with van der Waals surface area (Å²) in [4.78, 5) is 32.5. The van der Waals surface area contributed by atoms with E-state index in [1.165, 1.54) is 0 Å². The first-order chi connectivity index (χ1) is 10.7. The minimum atomic E-state index is -0.239. The van der Waals surface area contributed by atoms with Crippen molar-refractivity contribution in [2.45, 2.75) is 39.0 Å². The lowest BCUT2D eigenvalue weighted by atomic mass is 9.71. The van der Waals surface area contributed by atoms with E-state index in [-0.39, 0.29) is 17.2 Å². The molecular weight excluding hydrogens is 278 g/mol. The molecule has 22 heavy (non-hydrogen) atoms. The zero-order valence-corrected chi connectivity index (χ0v) is 13.1. The Hall–Kier alpha value is -1.91. The van der Waals surface area contributed by atoms with Crippen LogP contribution in [0.2, 0.25) is 0 Å². The van der Waals surface area contributed by atoms with Crippen LogP contribution in [-0.4, -0.2) is 41.3 Å². The van der Waals surface area contributed by atoms with Crippen molar-refractivity contribution in [2.75, 3.05) is 24.5 Å². The Labute approximate surface area is 131 Å². The second-order valence-corrected chi connectivity index (χ2v) is 6.37. The number of carbonyl (C=O) groups excluding carboxylic acids is 2. The number of carbonyl (C=O) groups is 2. The van der Waals surface area contributed by atoms with Crippen LogP contribution in [-0.2, 0) is 9.59 Å². The largest absolute Gasteiger partial charge is 0.343 e. The van der Waals surface area contributed by atoms with Crippen LogP contribution in [0, 0.1) is 5.41 Å². The summed E-state index contributed by atoms with van der Waals surface area (Å²) in [7, 11) is 0. The number of anilines is 1. The molecule has 2 saturated heterocycles. The summed E-state index contributed by atoms with van der Waals surface area (Å²) in [6.07, 6.45) is 7.66. The molecule has 0 aliphatic carbocycles. The van der Waals surface area contributed by atoms with Crippen molar-refractivity contribution < 1.29 is 9.59 Å². The Balaban J connectivity index is 1.56. The van der Waals surface area contributed by atoms with Crippen LogP contribution in [0.3, 0.4) is 0 Å². The molecule has 0 N–H and O–H groups in total. The van der Waals surface area contributed by atoms with Gasteiger partial charge in [-0.3, -0.25) is 14.6 Å². The molecule has 5 nitrogen and oxygen atoms in total. The highest BCUT2D eigenvalue weighted by molar-refractivity contribution is 6.04. The third kappa shape index (κ3) is 2.60. The summed E-state index contributed by atoms with van der Waals surface area (Å²) in [6, 6.07) is 3.77. The number of amides is 2. The molecule has 3 rings (SSSR count). The van der Waals surface area contributed by atoms with Gasteiger partial charge in [-0.25, -0.2) is 0 Å². The second-order valence-electron chi connectivity index (χ2n) is 6.37. The average molecular weight is 301 g/mol. The highest BCUT2D eigenvalue weighted by atomic mass is 16.2. The van der Waals surface area contributed by atoms with Crippen molar-refractivity contribution in [3.63, 3.8) is 0 Å². The molecule has 3 heterocycles. The Morgan fingerprint density at radius 1 is 1.36 bits per heavy atom. The average Bonchev–Trinajstić information content (AvgIpc) is 2.58. The van der Waals surface area contributed by atoms with Crippen molar-refractivity contribution in [3.8, 4) is 0 Å². The molecule has 2 amide bonds. The van der Waals surface area contributed by atoms with Crippen LogP contribution in [0.25, 0.3) is 0 Å². The molecule has 0 bridgehead atoms. The zero-order valence-electron chi connectivity index (χ0n) is 13.1. The van der Waals surface area contributed by atoms with Gasteiger partial charge >= 0.3 is 0 Å². The standard InChI is InChI=1S/C17H23N3O2/c1-2-3-6-15(21)19-10-7-17(8-11-19)13-20(16(17)22)14-5-4-9-18-12-14/h4-5,9,12H,2-3,6-8,10-11,13H2,1H3. The summed E-state index contributed by atoms with van der Waals surface area (Å²) in [5.41, 5.74) is 0.636. The van der Waals surface area contributed by atoms with Crippen LogP contribution < -0.4 is 4.90 Å². The molecular formula is C17H23N3O2. The number of pyridine rings is 1. The molecule has 2 fully saturated rings. The molecule has 2 aliphatic heterocycles. The predicted molar refractivity (Wildman–Crippen MR) is 84.4 cm³/mol. The zero-order chi connectivity index (χ0) is 15.6. The van der Waals surface area contributed by atoms with E-state index >= 15 is 0 Å². The quantitative estimate of drug-likeness (QED) is 0.801. The van der Waals surface area contributed by atoms with E-state index in [2.05, 4.69) is 11.9 Å². The van der Waals surface area contributed by atoms with Crippen molar-refractivity contribution in [1.82, 2.24) is 9.88 Å². The smallest absolute Gasteiger partial charge is 0.235 e. The lowest BCUT2D eigenvalue weighted by molar-refractivity contribution is -0.144. The first-order valence-electron chi connectivity index (χ1n) is 8.16. The summed E-state index contributed by atoms with van der Waals surface area (Å²) in [5.74, 6) is 0.439. The van der Waals surface area contributed by atoms with E-state index in [1.54, 1.807) is 12.4 Å². The minimum absolute atomic E-state index is 0.196. The van der Waals surface area contributed by atoms with Gasteiger partial charge in [-0.2, -0.15) is 0 Å². The molecule has 0 aromatic carbocycles. The van der Waals surface area contributed by atoms with Crippen molar-refractivity contribution in [2.24, 2.45) is 5.41 Å². The van der Waals surface area contributed by atoms with E-state index < -0.39 is 0 Å². The number of unbranched alkanes of at least 4 members (excludes halogenated alkanes) is 1. The fourth-order valence-corrected chi connectivity index (χ4v) is 3.40. The SMILES string of the molecule is CCCCC(=O)N1CCC2(CC1)CN(c1cccnc1)C2=O. The molecule has 0 unspecified atom stereocenters. The van der Waals surface area contributed by atoms with Gasteiger partial charge in [0.2, 0.25) is 11.8 Å². The number of likely N-dealkylation sites (tertiary alicyclic amines) is 1. The fourth-order valence-electron chi connectivity index (χ4n) is 3.40. The normalized spacial score (nSPS) is 20.1. The Morgan fingerprint density at radius 3 is 2.73 bits per heavy atom. The minimum Gasteiger partial charge on any atom is -0.343 e. The van der Waals surface area contributed by atoms with Gasteiger partial charge in [0, 0.05) is 32.3 Å². The maximum atomic E-state index is 12.6. The summed E-state index contributed by atoms with van der Waals surface area (Å²) in [6.45, 7) is 4.29. The van der Waals surface area contributed by atoms with E-state index in [1.807, 2.05) is 21.9 Å². The topological polar surface area (TPSA) is 53.5 Å². The van der Waals surface area contributed by atoms with Crippen molar-refractivity contribution in [1.29, 1.82) is 0 Å². The Bertz CT molecular complexity index is 550. The molecule has 1 aromatic rings. The highest BCUT2D eigenvalue weighted by Crippen LogP contribution is 2.43. The maximum absolute atomic E-state index is 12.6. The number of nitrogens with zero attached hydrogens (tertiary/aromatic N) is 3. The molecule has 1 aromatic heterocycles. The van der Waals surface area contributed by atoms with Crippen LogP contribution in [0.5, 0.6) is 0 Å². The molecule has 2 aliphatic rings. The van der Waals surface area contributed by atoms with Crippen molar-refractivity contribution >= 4 is 17.5 Å². The van der Waals surface area contributed by atoms with Gasteiger partial charge < -0.3 is 9.80 Å². The second kappa shape index (κ2) is 6.07. The first kappa shape index (κ1) is 15.0. The molecule has 0 atom stereocenters. The van der Waals surface area contributed by atoms with Gasteiger partial charge in [-0.05, 0) is 31.4 Å². The van der Waals surface area contributed by atoms with E-state index in [0.717, 1.165) is 51.0 Å². The van der Waals surface area contributed by atoms with Gasteiger partial charge in [0.1, 0.15) is 0 Å². The van der Waals surface area contributed by atoms with Gasteiger partial charge in [0.05, 0.1) is 17.3 Å². The van der Waals surface area contributed by atoms with Crippen LogP contribution in [0.1, 0.15) is 39.0 Å². The van der Waals surface area contributed by atoms with Crippen LogP contribution >= 0.6 is 0 Å². The fraction of sp³-hybridized carbons (Fsp3) is 0.588. The number of aromatic nitrogens is 1. The third-order valence-corrected chi connectivity index (χ3v) is 4.93. The third-order valence-electron chi connectivity index (χ3n) is 4.93. The van der Waals surface area contributed by atoms with Gasteiger partial charge in [0.25, 0.3) is 0 Å². The Morgan fingerprint density at radius 2 is 2.14 bits per heavy atom. The number of piperidine rings is 1.